The predicted molar refractivity (Wildman–Crippen MR) is 86.9 cm³/mol. The maximum absolute atomic E-state index is 12.3. The van der Waals surface area contributed by atoms with Gasteiger partial charge in [0.2, 0.25) is 0 Å². The summed E-state index contributed by atoms with van der Waals surface area (Å²) in [5.41, 5.74) is 1.66. The topological polar surface area (TPSA) is 46.2 Å². The highest BCUT2D eigenvalue weighted by atomic mass is 79.9. The van der Waals surface area contributed by atoms with Crippen LogP contribution in [0.25, 0.3) is 0 Å². The summed E-state index contributed by atoms with van der Waals surface area (Å²) in [6.07, 6.45) is 0. The number of sulfonamides is 1. The fourth-order valence-corrected chi connectivity index (χ4v) is 5.51. The van der Waals surface area contributed by atoms with Gasteiger partial charge in [-0.2, -0.15) is 0 Å². The van der Waals surface area contributed by atoms with E-state index in [1.165, 1.54) is 11.3 Å². The van der Waals surface area contributed by atoms with Crippen LogP contribution in [0.5, 0.6) is 0 Å². The van der Waals surface area contributed by atoms with Gasteiger partial charge in [-0.15, -0.1) is 11.3 Å². The number of aryl methyl sites for hydroxylation is 1. The minimum Gasteiger partial charge on any atom is -0.206 e. The molecule has 0 saturated heterocycles. The van der Waals surface area contributed by atoms with Gasteiger partial charge in [0.05, 0.1) is 3.79 Å². The van der Waals surface area contributed by atoms with Gasteiger partial charge in [-0.25, -0.2) is 13.1 Å². The summed E-state index contributed by atoms with van der Waals surface area (Å²) < 4.78 is 28.4. The molecule has 108 valence electrons. The number of thiophene rings is 1. The van der Waals surface area contributed by atoms with Crippen molar-refractivity contribution in [2.24, 2.45) is 0 Å². The Bertz CT molecular complexity index is 708. The minimum absolute atomic E-state index is 0.292. The quantitative estimate of drug-likeness (QED) is 0.829. The van der Waals surface area contributed by atoms with Crippen LogP contribution in [0, 0.1) is 6.92 Å². The number of nitrogens with one attached hydrogen (secondary N) is 1. The minimum atomic E-state index is -3.55. The van der Waals surface area contributed by atoms with Crippen LogP contribution in [-0.2, 0) is 10.0 Å². The first-order valence-corrected chi connectivity index (χ1v) is 9.31. The van der Waals surface area contributed by atoms with E-state index >= 15 is 0 Å². The Balaban J connectivity index is 2.27. The van der Waals surface area contributed by atoms with Gasteiger partial charge in [-0.3, -0.25) is 0 Å². The van der Waals surface area contributed by atoms with E-state index in [-0.39, 0.29) is 0 Å². The highest BCUT2D eigenvalue weighted by molar-refractivity contribution is 9.11. The molecule has 0 fully saturated rings. The Morgan fingerprint density at radius 1 is 1.35 bits per heavy atom. The average molecular weight is 395 g/mol. The van der Waals surface area contributed by atoms with Crippen molar-refractivity contribution in [3.63, 3.8) is 0 Å². The summed E-state index contributed by atoms with van der Waals surface area (Å²) in [4.78, 5) is 0. The average Bonchev–Trinajstić information content (AvgIpc) is 2.70. The molecular weight excluding hydrogens is 382 g/mol. The highest BCUT2D eigenvalue weighted by Crippen LogP contribution is 2.31. The first-order valence-electron chi connectivity index (χ1n) is 5.84. The summed E-state index contributed by atoms with van der Waals surface area (Å²) in [5.74, 6) is 0. The van der Waals surface area contributed by atoms with E-state index in [1.807, 2.05) is 25.1 Å². The molecule has 2 rings (SSSR count). The van der Waals surface area contributed by atoms with Crippen LogP contribution in [0.15, 0.2) is 38.3 Å². The number of rotatable bonds is 4. The van der Waals surface area contributed by atoms with Gasteiger partial charge >= 0.3 is 0 Å². The van der Waals surface area contributed by atoms with Gasteiger partial charge in [-0.1, -0.05) is 29.8 Å². The molecule has 1 heterocycles. The summed E-state index contributed by atoms with van der Waals surface area (Å²) in [6, 6.07) is 8.45. The van der Waals surface area contributed by atoms with Crippen LogP contribution in [0.3, 0.4) is 0 Å². The SMILES string of the molecule is Cc1cc(S(=O)(=O)NC(C)c2ccccc2Cl)sc1Br. The molecule has 0 radical (unpaired) electrons. The second-order valence-corrected chi connectivity index (χ2v) is 9.10. The zero-order valence-electron chi connectivity index (χ0n) is 10.9. The lowest BCUT2D eigenvalue weighted by atomic mass is 10.1. The van der Waals surface area contributed by atoms with Crippen molar-refractivity contribution in [1.82, 2.24) is 4.72 Å². The smallest absolute Gasteiger partial charge is 0.206 e. The van der Waals surface area contributed by atoms with E-state index in [4.69, 9.17) is 11.6 Å². The third-order valence-electron chi connectivity index (χ3n) is 2.80. The van der Waals surface area contributed by atoms with Gasteiger partial charge in [0.1, 0.15) is 4.21 Å². The van der Waals surface area contributed by atoms with Crippen LogP contribution in [-0.4, -0.2) is 8.42 Å². The fourth-order valence-electron chi connectivity index (χ4n) is 1.74. The lowest BCUT2D eigenvalue weighted by Gasteiger charge is -2.15. The van der Waals surface area contributed by atoms with E-state index in [2.05, 4.69) is 20.7 Å². The Kier molecular flexibility index (Phi) is 4.92. The van der Waals surface area contributed by atoms with Crippen LogP contribution in [0.1, 0.15) is 24.1 Å². The van der Waals surface area contributed by atoms with Crippen LogP contribution in [0.4, 0.5) is 0 Å². The normalized spacial score (nSPS) is 13.4. The van der Waals surface area contributed by atoms with E-state index in [0.717, 1.165) is 14.9 Å². The molecule has 0 aliphatic rings. The lowest BCUT2D eigenvalue weighted by Crippen LogP contribution is -2.26. The van der Waals surface area contributed by atoms with Crippen molar-refractivity contribution >= 4 is 48.9 Å². The largest absolute Gasteiger partial charge is 0.250 e. The molecule has 0 amide bonds. The number of halogens is 2. The molecule has 1 aromatic heterocycles. The van der Waals surface area contributed by atoms with Crippen molar-refractivity contribution < 1.29 is 8.42 Å². The molecule has 3 nitrogen and oxygen atoms in total. The maximum atomic E-state index is 12.3. The summed E-state index contributed by atoms with van der Waals surface area (Å²) in [5, 5.41) is 0.547. The molecule has 0 bridgehead atoms. The van der Waals surface area contributed by atoms with E-state index in [9.17, 15) is 8.42 Å². The Hall–Kier alpha value is -0.400. The maximum Gasteiger partial charge on any atom is 0.250 e. The molecule has 0 aliphatic heterocycles. The Labute approximate surface area is 136 Å². The second-order valence-electron chi connectivity index (χ2n) is 4.39. The summed E-state index contributed by atoms with van der Waals surface area (Å²) in [7, 11) is -3.55. The van der Waals surface area contributed by atoms with Crippen molar-refractivity contribution in [3.05, 3.63) is 50.3 Å². The first kappa shape index (κ1) is 16.0. The third-order valence-corrected chi connectivity index (χ3v) is 7.30. The zero-order chi connectivity index (χ0) is 14.9. The van der Waals surface area contributed by atoms with Crippen LogP contribution < -0.4 is 4.72 Å². The molecule has 1 N–H and O–H groups in total. The van der Waals surface area contributed by atoms with Crippen LogP contribution >= 0.6 is 38.9 Å². The van der Waals surface area contributed by atoms with Gasteiger partial charge in [0, 0.05) is 11.1 Å². The highest BCUT2D eigenvalue weighted by Gasteiger charge is 2.22. The third kappa shape index (κ3) is 3.43. The van der Waals surface area contributed by atoms with E-state index in [1.54, 1.807) is 19.1 Å². The molecule has 2 aromatic rings. The van der Waals surface area contributed by atoms with Crippen molar-refractivity contribution in [2.45, 2.75) is 24.1 Å². The molecule has 1 atom stereocenters. The van der Waals surface area contributed by atoms with Crippen molar-refractivity contribution in [2.75, 3.05) is 0 Å². The van der Waals surface area contributed by atoms with Gasteiger partial charge in [0.15, 0.2) is 0 Å². The van der Waals surface area contributed by atoms with Gasteiger partial charge in [-0.05, 0) is 53.0 Å². The molecule has 0 saturated carbocycles. The molecule has 1 unspecified atom stereocenters. The van der Waals surface area contributed by atoms with E-state index < -0.39 is 16.1 Å². The molecule has 0 aliphatic carbocycles. The monoisotopic (exact) mass is 393 g/mol. The molecule has 0 spiro atoms. The summed E-state index contributed by atoms with van der Waals surface area (Å²) >= 11 is 10.6. The Morgan fingerprint density at radius 2 is 2.00 bits per heavy atom. The Morgan fingerprint density at radius 3 is 2.55 bits per heavy atom. The number of benzene rings is 1. The first-order chi connectivity index (χ1) is 9.31. The van der Waals surface area contributed by atoms with Crippen molar-refractivity contribution in [1.29, 1.82) is 0 Å². The van der Waals surface area contributed by atoms with E-state index in [0.29, 0.717) is 9.23 Å². The lowest BCUT2D eigenvalue weighted by molar-refractivity contribution is 0.569. The summed E-state index contributed by atoms with van der Waals surface area (Å²) in [6.45, 7) is 3.63. The fraction of sp³-hybridized carbons (Fsp3) is 0.231. The molecule has 7 heteroatoms. The number of hydrogen-bond acceptors (Lipinski definition) is 3. The molecule has 1 aromatic carbocycles. The van der Waals surface area contributed by atoms with Crippen LogP contribution in [0.2, 0.25) is 5.02 Å². The number of hydrogen-bond donors (Lipinski definition) is 1. The second kappa shape index (κ2) is 6.15. The predicted octanol–water partition coefficient (Wildman–Crippen LogP) is 4.51. The van der Waals surface area contributed by atoms with Crippen molar-refractivity contribution in [3.8, 4) is 0 Å². The standard InChI is InChI=1S/C13H13BrClNO2S2/c1-8-7-12(19-13(8)14)20(17,18)16-9(2)10-5-3-4-6-11(10)15/h3-7,9,16H,1-2H3. The van der Waals surface area contributed by atoms with Gasteiger partial charge < -0.3 is 0 Å². The van der Waals surface area contributed by atoms with Gasteiger partial charge in [0.25, 0.3) is 10.0 Å². The molecule has 20 heavy (non-hydrogen) atoms. The molecular formula is C13H13BrClNO2S2. The zero-order valence-corrected chi connectivity index (χ0v) is 14.8.